The van der Waals surface area contributed by atoms with Gasteiger partial charge in [-0.15, -0.1) is 0 Å². The summed E-state index contributed by atoms with van der Waals surface area (Å²) in [4.78, 5) is 130. The predicted molar refractivity (Wildman–Crippen MR) is 332 cm³/mol. The molecular weight excluding hydrogens is 1260 g/mol. The number of nitro groups is 1. The molecule has 93 heavy (non-hydrogen) atoms. The lowest BCUT2D eigenvalue weighted by atomic mass is 9.83. The molecule has 4 aliphatic rings. The maximum Gasteiger partial charge on any atom is 0.409 e. The Bertz CT molecular complexity index is 3660. The van der Waals surface area contributed by atoms with Gasteiger partial charge in [0.25, 0.3) is 33.5 Å². The fourth-order valence-electron chi connectivity index (χ4n) is 10.7. The van der Waals surface area contributed by atoms with Crippen molar-refractivity contribution in [2.45, 2.75) is 121 Å². The number of carbonyl (C=O) groups is 9. The number of alkyl carbamates (subject to hydrolysis) is 1. The van der Waals surface area contributed by atoms with Crippen LogP contribution in [-0.4, -0.2) is 176 Å². The number of amides is 8. The van der Waals surface area contributed by atoms with Gasteiger partial charge in [-0.05, 0) is 82.0 Å². The Morgan fingerprint density at radius 3 is 2.42 bits per heavy atom. The quantitative estimate of drug-likeness (QED) is 0.00969. The molecule has 30 nitrogen and oxygen atoms in total. The number of hydrogen-bond donors (Lipinski definition) is 7. The van der Waals surface area contributed by atoms with Crippen molar-refractivity contribution in [1.82, 2.24) is 26.3 Å². The number of benzene rings is 3. The van der Waals surface area contributed by atoms with E-state index in [0.29, 0.717) is 36.3 Å². The van der Waals surface area contributed by atoms with E-state index in [9.17, 15) is 71.3 Å². The molecule has 8 amide bonds. The third kappa shape index (κ3) is 19.0. The Morgan fingerprint density at radius 1 is 1.00 bits per heavy atom. The Kier molecular flexibility index (Phi) is 23.8. The molecule has 3 aromatic carbocycles. The van der Waals surface area contributed by atoms with Crippen molar-refractivity contribution in [3.8, 4) is 11.5 Å². The molecular formula is C61H72ClN9O21S. The third-order valence-corrected chi connectivity index (χ3v) is 16.9. The maximum atomic E-state index is 14.4. The summed E-state index contributed by atoms with van der Waals surface area (Å²) in [6, 6.07) is 11.0. The molecule has 2 saturated heterocycles. The number of imide groups is 1. The number of nitro benzene ring substituents is 1. The van der Waals surface area contributed by atoms with Gasteiger partial charge in [-0.3, -0.25) is 58.4 Å². The number of epoxide rings is 1. The summed E-state index contributed by atoms with van der Waals surface area (Å²) in [6.45, 7) is 5.78. The molecule has 0 aliphatic carbocycles. The molecule has 4 aliphatic heterocycles. The molecule has 2 fully saturated rings. The van der Waals surface area contributed by atoms with Crippen LogP contribution in [0.3, 0.4) is 0 Å². The number of aliphatic hydroxyl groups is 1. The zero-order chi connectivity index (χ0) is 68.1. The molecule has 7 rings (SSSR count). The molecule has 7 N–H and O–H groups in total. The molecule has 4 bridgehead atoms. The number of unbranched alkanes of at least 4 members (excludes halogenated alkanes) is 2. The molecule has 3 aromatic rings. The van der Waals surface area contributed by atoms with E-state index in [-0.39, 0.29) is 48.0 Å². The van der Waals surface area contributed by atoms with Crippen molar-refractivity contribution >= 4 is 97.9 Å². The Balaban J connectivity index is 0.953. The van der Waals surface area contributed by atoms with Gasteiger partial charge < -0.3 is 54.4 Å². The minimum absolute atomic E-state index is 0.124. The van der Waals surface area contributed by atoms with E-state index in [0.717, 1.165) is 40.3 Å². The average Bonchev–Trinajstić information content (AvgIpc) is 1.58. The number of methoxy groups -OCH3 is 2. The number of hydrogen-bond acceptors (Lipinski definition) is 21. The first-order chi connectivity index (χ1) is 43.9. The van der Waals surface area contributed by atoms with E-state index in [1.54, 1.807) is 50.3 Å². The number of carbonyl (C=O) groups excluding carboxylic acids is 9. The minimum Gasteiger partial charge on any atom is -0.495 e. The molecule has 3 unspecified atom stereocenters. The number of anilines is 2. The molecule has 0 aromatic heterocycles. The molecule has 0 saturated carbocycles. The van der Waals surface area contributed by atoms with Crippen molar-refractivity contribution in [3.05, 3.63) is 122 Å². The topological polar surface area (TPSA) is 409 Å². The number of allylic oxidation sites excluding steroid dienone is 3. The lowest BCUT2D eigenvalue weighted by molar-refractivity contribution is -0.385. The number of nitrogens with one attached hydrogen (secondary N) is 5. The minimum atomic E-state index is -4.79. The van der Waals surface area contributed by atoms with Gasteiger partial charge in [0.15, 0.2) is 12.3 Å². The zero-order valence-corrected chi connectivity index (χ0v) is 53.3. The highest BCUT2D eigenvalue weighted by molar-refractivity contribution is 7.85. The first-order valence-electron chi connectivity index (χ1n) is 29.2. The first-order valence-corrected chi connectivity index (χ1v) is 31.2. The predicted octanol–water partition coefficient (Wildman–Crippen LogP) is 4.11. The van der Waals surface area contributed by atoms with Gasteiger partial charge in [0.1, 0.15) is 57.8 Å². The van der Waals surface area contributed by atoms with Crippen LogP contribution in [0.15, 0.2) is 95.7 Å². The van der Waals surface area contributed by atoms with E-state index in [1.165, 1.54) is 51.3 Å². The Labute approximate surface area is 539 Å². The summed E-state index contributed by atoms with van der Waals surface area (Å²) < 4.78 is 67.9. The van der Waals surface area contributed by atoms with Gasteiger partial charge in [0.05, 0.1) is 36.0 Å². The van der Waals surface area contributed by atoms with Crippen LogP contribution >= 0.6 is 11.6 Å². The van der Waals surface area contributed by atoms with Crippen molar-refractivity contribution in [3.63, 3.8) is 0 Å². The van der Waals surface area contributed by atoms with Gasteiger partial charge in [-0.25, -0.2) is 15.0 Å². The fraction of sp³-hybridized carbons (Fsp3) is 0.443. The summed E-state index contributed by atoms with van der Waals surface area (Å²) in [5, 5.41) is 37.7. The van der Waals surface area contributed by atoms with Crippen LogP contribution in [0.5, 0.6) is 11.5 Å². The second-order valence-electron chi connectivity index (χ2n) is 22.6. The van der Waals surface area contributed by atoms with Crippen LogP contribution < -0.4 is 41.1 Å². The highest BCUT2D eigenvalue weighted by Gasteiger charge is 2.64. The van der Waals surface area contributed by atoms with Gasteiger partial charge in [0, 0.05) is 81.9 Å². The van der Waals surface area contributed by atoms with Crippen LogP contribution in [0.1, 0.15) is 94.1 Å². The lowest BCUT2D eigenvalue weighted by Gasteiger charge is -2.42. The molecule has 500 valence electrons. The summed E-state index contributed by atoms with van der Waals surface area (Å²) in [5.74, 6) is -7.36. The number of rotatable bonds is 24. The van der Waals surface area contributed by atoms with Crippen molar-refractivity contribution < 1.29 is 94.6 Å². The standard InChI is InChI=1S/C61H72ClN9O21S/c1-34-13-11-16-47(88-7)61(81)31-46(90-59(80)66-61)35(2)56-60(4,92-56)48(30-53(76)69(5)44-26-37(25-34)27-45(87-6)55(44)62)91-54(77)32-89-40-15-12-14-38(28-40)36(3)67-68-57(78)41-19-18-39(29-43(41)71(82)83)64-50(73)22-23-63-58(79)42(33-93(84,85)86)65-49(72)17-9-8-10-24-70-51(74)20-21-52(70)75/h11-16,18-21,26-29,35,42,46-48,56,81H,8-10,17,22-25,30-33H2,1-7H3,(H,63,79)(H,64,73)(H,65,72)(H,66,80)(H,68,78)(H,84,85,86)/b16-11+,34-13+,67-36+/t35-,42?,46+,47-,48+,56?,60?,61+/m1/s1. The second-order valence-corrected chi connectivity index (χ2v) is 24.5. The highest BCUT2D eigenvalue weighted by Crippen LogP contribution is 2.49. The van der Waals surface area contributed by atoms with E-state index in [4.69, 9.17) is 40.0 Å². The zero-order valence-electron chi connectivity index (χ0n) is 51.8. The summed E-state index contributed by atoms with van der Waals surface area (Å²) >= 11 is 6.81. The largest absolute Gasteiger partial charge is 0.495 e. The molecule has 32 heteroatoms. The van der Waals surface area contributed by atoms with Crippen LogP contribution in [0.4, 0.5) is 21.9 Å². The SMILES string of the molecule is COc1cc2cc(c1Cl)N(C)C(=O)C[C@H](OC(=O)COc1cccc(/C(C)=N/NC(=O)c3ccc(NC(=O)CCNC(=O)C(CS(=O)(=O)O)NC(=O)CCCCCN4C(=O)C=CC4=O)cc3[N+](=O)[O-])c1)C1(C)OC1[C@H](C)[C@@H]1C[C@@](O)(NC(=O)O1)[C@H](OC)/C=C/C=C(\C)C2. The lowest BCUT2D eigenvalue weighted by Crippen LogP contribution is -2.63. The number of hydrazone groups is 1. The van der Waals surface area contributed by atoms with Crippen LogP contribution in [0, 0.1) is 16.0 Å². The third-order valence-electron chi connectivity index (χ3n) is 15.7. The van der Waals surface area contributed by atoms with Crippen LogP contribution in [-0.2, 0) is 69.0 Å². The maximum absolute atomic E-state index is 14.4. The van der Waals surface area contributed by atoms with E-state index in [1.807, 2.05) is 13.0 Å². The van der Waals surface area contributed by atoms with Crippen LogP contribution in [0.2, 0.25) is 5.02 Å². The van der Waals surface area contributed by atoms with Gasteiger partial charge in [0.2, 0.25) is 23.6 Å². The normalized spacial score (nSPS) is 23.6. The summed E-state index contributed by atoms with van der Waals surface area (Å²) in [5.41, 5.74) is 0.122. The fourth-order valence-corrected chi connectivity index (χ4v) is 11.6. The summed E-state index contributed by atoms with van der Waals surface area (Å²) in [7, 11) is -0.450. The smallest absolute Gasteiger partial charge is 0.409 e. The number of ether oxygens (including phenoxy) is 6. The molecule has 4 heterocycles. The Morgan fingerprint density at radius 2 is 1.73 bits per heavy atom. The first kappa shape index (κ1) is 71.3. The van der Waals surface area contributed by atoms with E-state index >= 15 is 0 Å². The molecule has 0 radical (unpaired) electrons. The van der Waals surface area contributed by atoms with Gasteiger partial charge in [-0.2, -0.15) is 13.5 Å². The monoisotopic (exact) mass is 1330 g/mol. The second kappa shape index (κ2) is 31.0. The van der Waals surface area contributed by atoms with E-state index < -0.39 is 159 Å². The van der Waals surface area contributed by atoms with E-state index in [2.05, 4.69) is 31.8 Å². The van der Waals surface area contributed by atoms with Crippen molar-refractivity contribution in [2.75, 3.05) is 56.9 Å². The summed E-state index contributed by atoms with van der Waals surface area (Å²) in [6.07, 6.45) is 2.67. The van der Waals surface area contributed by atoms with Crippen LogP contribution in [0.25, 0.3) is 0 Å². The number of esters is 1. The molecule has 8 atom stereocenters. The van der Waals surface area contributed by atoms with Gasteiger partial charge in [-0.1, -0.05) is 60.9 Å². The van der Waals surface area contributed by atoms with Gasteiger partial charge >= 0.3 is 12.1 Å². The van der Waals surface area contributed by atoms with Crippen molar-refractivity contribution in [2.24, 2.45) is 11.0 Å². The highest BCUT2D eigenvalue weighted by atomic mass is 35.5. The molecule has 0 spiro atoms. The average molecular weight is 1330 g/mol. The Hall–Kier alpha value is -9.14. The number of fused-ring (bicyclic) bond motifs is 5. The van der Waals surface area contributed by atoms with Crippen molar-refractivity contribution in [1.29, 1.82) is 0 Å². The number of nitrogens with zero attached hydrogens (tertiary/aromatic N) is 4. The number of halogens is 1.